The van der Waals surface area contributed by atoms with Crippen LogP contribution in [-0.2, 0) is 0 Å². The first-order chi connectivity index (χ1) is 28.7. The Morgan fingerprint density at radius 1 is 0.310 bits per heavy atom. The van der Waals surface area contributed by atoms with E-state index in [0.29, 0.717) is 0 Å². The van der Waals surface area contributed by atoms with Crippen molar-refractivity contribution >= 4 is 92.4 Å². The van der Waals surface area contributed by atoms with E-state index in [2.05, 4.69) is 181 Å². The van der Waals surface area contributed by atoms with Crippen LogP contribution in [0.1, 0.15) is 0 Å². The van der Waals surface area contributed by atoms with Crippen LogP contribution < -0.4 is 4.90 Å². The van der Waals surface area contributed by atoms with Crippen molar-refractivity contribution in [3.63, 3.8) is 0 Å². The fourth-order valence-electron chi connectivity index (χ4n) is 8.67. The van der Waals surface area contributed by atoms with Crippen molar-refractivity contribution in [3.05, 3.63) is 200 Å². The summed E-state index contributed by atoms with van der Waals surface area (Å²) in [6.45, 7) is 0. The Bertz CT molecular complexity index is 3500. The van der Waals surface area contributed by atoms with Crippen LogP contribution in [0.25, 0.3) is 97.4 Å². The summed E-state index contributed by atoms with van der Waals surface area (Å²) in [5.41, 5.74) is 14.0. The number of thiophene rings is 1. The van der Waals surface area contributed by atoms with Gasteiger partial charge in [0.25, 0.3) is 0 Å². The molecule has 0 fully saturated rings. The maximum absolute atomic E-state index is 6.44. The van der Waals surface area contributed by atoms with Gasteiger partial charge in [0, 0.05) is 54.5 Å². The SMILES string of the molecule is c1ccc(-c2cccc3c2sc2c(N(c4ccc(-c5ccc(-c6ccc7oc8ccccc8c7c6)cc5)cc4)c4ccc5c(c4)oc4ccccc45)cccc23)cc1. The Kier molecular flexibility index (Phi) is 7.40. The molecule has 12 rings (SSSR count). The third-order valence-corrected chi connectivity index (χ3v) is 12.8. The molecule has 3 heterocycles. The van der Waals surface area contributed by atoms with Crippen molar-refractivity contribution in [2.75, 3.05) is 4.90 Å². The molecule has 0 saturated heterocycles. The zero-order valence-corrected chi connectivity index (χ0v) is 32.0. The number of furan rings is 2. The molecular weight excluding hydrogens is 727 g/mol. The van der Waals surface area contributed by atoms with E-state index >= 15 is 0 Å². The topological polar surface area (TPSA) is 29.5 Å². The number of fused-ring (bicyclic) bond motifs is 9. The number of hydrogen-bond donors (Lipinski definition) is 0. The summed E-state index contributed by atoms with van der Waals surface area (Å²) in [5.74, 6) is 0. The molecule has 0 bridgehead atoms. The summed E-state index contributed by atoms with van der Waals surface area (Å²) in [5, 5.41) is 7.04. The largest absolute Gasteiger partial charge is 0.456 e. The normalized spacial score (nSPS) is 11.8. The van der Waals surface area contributed by atoms with Gasteiger partial charge in [0.2, 0.25) is 0 Å². The molecule has 4 heteroatoms. The van der Waals surface area contributed by atoms with Crippen LogP contribution in [0.5, 0.6) is 0 Å². The lowest BCUT2D eigenvalue weighted by Gasteiger charge is -2.26. The summed E-state index contributed by atoms with van der Waals surface area (Å²) in [7, 11) is 0. The molecule has 0 aliphatic carbocycles. The smallest absolute Gasteiger partial charge is 0.137 e. The molecule has 9 aromatic carbocycles. The predicted octanol–water partition coefficient (Wildman–Crippen LogP) is 16.3. The molecule has 0 spiro atoms. The van der Waals surface area contributed by atoms with E-state index in [-0.39, 0.29) is 0 Å². The summed E-state index contributed by atoms with van der Waals surface area (Å²) in [6.07, 6.45) is 0. The fourth-order valence-corrected chi connectivity index (χ4v) is 10.0. The summed E-state index contributed by atoms with van der Waals surface area (Å²) in [4.78, 5) is 2.38. The number of benzene rings is 9. The molecule has 0 aliphatic heterocycles. The van der Waals surface area contributed by atoms with Crippen LogP contribution in [0, 0.1) is 0 Å². The van der Waals surface area contributed by atoms with E-state index in [4.69, 9.17) is 8.83 Å². The summed E-state index contributed by atoms with van der Waals surface area (Å²) in [6, 6.07) is 71.5. The highest BCUT2D eigenvalue weighted by Gasteiger charge is 2.21. The standard InChI is InChI=1S/C54H33NO2S/c1-2-10-37(11-3-1)41-14-8-15-45-46-16-9-17-48(54(46)58-53(41)45)55(40-29-30-44-42-12-4-6-18-49(42)57-52(44)33-40)39-27-24-35(25-28-39)34-20-22-36(23-21-34)38-26-31-51-47(32-38)43-13-5-7-19-50(43)56-51/h1-33H. The van der Waals surface area contributed by atoms with E-state index in [1.165, 1.54) is 48.0 Å². The highest BCUT2D eigenvalue weighted by molar-refractivity contribution is 7.27. The van der Waals surface area contributed by atoms with Crippen molar-refractivity contribution in [1.82, 2.24) is 0 Å². The first-order valence-electron chi connectivity index (χ1n) is 19.6. The monoisotopic (exact) mass is 759 g/mol. The first-order valence-corrected chi connectivity index (χ1v) is 20.4. The number of rotatable bonds is 6. The van der Waals surface area contributed by atoms with Gasteiger partial charge in [-0.25, -0.2) is 0 Å². The third kappa shape index (κ3) is 5.27. The number of anilines is 3. The van der Waals surface area contributed by atoms with Gasteiger partial charge < -0.3 is 13.7 Å². The van der Waals surface area contributed by atoms with Gasteiger partial charge in [-0.2, -0.15) is 0 Å². The molecule has 3 nitrogen and oxygen atoms in total. The van der Waals surface area contributed by atoms with Gasteiger partial charge in [0.15, 0.2) is 0 Å². The summed E-state index contributed by atoms with van der Waals surface area (Å²) < 4.78 is 15.1. The van der Waals surface area contributed by atoms with Crippen LogP contribution in [-0.4, -0.2) is 0 Å². The summed E-state index contributed by atoms with van der Waals surface area (Å²) >= 11 is 1.87. The minimum atomic E-state index is 0.871. The molecule has 0 unspecified atom stereocenters. The minimum absolute atomic E-state index is 0.871. The Morgan fingerprint density at radius 2 is 0.845 bits per heavy atom. The third-order valence-electron chi connectivity index (χ3n) is 11.5. The Morgan fingerprint density at radius 3 is 1.60 bits per heavy atom. The van der Waals surface area contributed by atoms with Crippen LogP contribution in [0.3, 0.4) is 0 Å². The number of para-hydroxylation sites is 2. The average Bonchev–Trinajstić information content (AvgIpc) is 3.98. The lowest BCUT2D eigenvalue weighted by atomic mass is 9.99. The number of hydrogen-bond acceptors (Lipinski definition) is 4. The predicted molar refractivity (Wildman–Crippen MR) is 245 cm³/mol. The molecule has 0 saturated carbocycles. The second kappa shape index (κ2) is 13.1. The molecule has 272 valence electrons. The van der Waals surface area contributed by atoms with Crippen LogP contribution >= 0.6 is 11.3 Å². The maximum atomic E-state index is 6.44. The van der Waals surface area contributed by atoms with Gasteiger partial charge in [-0.1, -0.05) is 140 Å². The minimum Gasteiger partial charge on any atom is -0.456 e. The molecule has 12 aromatic rings. The van der Waals surface area contributed by atoms with Gasteiger partial charge in [0.1, 0.15) is 22.3 Å². The zero-order valence-electron chi connectivity index (χ0n) is 31.2. The molecule has 0 aliphatic rings. The Labute approximate surface area is 338 Å². The first kappa shape index (κ1) is 32.8. The van der Waals surface area contributed by atoms with Crippen molar-refractivity contribution in [3.8, 4) is 33.4 Å². The molecule has 0 N–H and O–H groups in total. The lowest BCUT2D eigenvalue weighted by Crippen LogP contribution is -2.10. The second-order valence-corrected chi connectivity index (χ2v) is 15.9. The molecular formula is C54H33NO2S. The van der Waals surface area contributed by atoms with E-state index in [9.17, 15) is 0 Å². The molecule has 58 heavy (non-hydrogen) atoms. The van der Waals surface area contributed by atoms with Gasteiger partial charge in [-0.05, 0) is 88.0 Å². The highest BCUT2D eigenvalue weighted by atomic mass is 32.1. The maximum Gasteiger partial charge on any atom is 0.137 e. The van der Waals surface area contributed by atoms with Crippen molar-refractivity contribution in [2.45, 2.75) is 0 Å². The van der Waals surface area contributed by atoms with Crippen LogP contribution in [0.15, 0.2) is 209 Å². The Hall–Kier alpha value is -7.40. The van der Waals surface area contributed by atoms with Gasteiger partial charge in [-0.15, -0.1) is 11.3 Å². The number of nitrogens with zero attached hydrogens (tertiary/aromatic N) is 1. The van der Waals surface area contributed by atoms with E-state index < -0.39 is 0 Å². The van der Waals surface area contributed by atoms with Crippen LogP contribution in [0.2, 0.25) is 0 Å². The highest BCUT2D eigenvalue weighted by Crippen LogP contribution is 2.48. The molecule has 0 radical (unpaired) electrons. The molecule has 0 amide bonds. The molecule has 0 atom stereocenters. The van der Waals surface area contributed by atoms with Crippen molar-refractivity contribution in [1.29, 1.82) is 0 Å². The quantitative estimate of drug-likeness (QED) is 0.169. The molecule has 3 aromatic heterocycles. The van der Waals surface area contributed by atoms with E-state index in [1.807, 2.05) is 35.6 Å². The fraction of sp³-hybridized carbons (Fsp3) is 0. The van der Waals surface area contributed by atoms with Gasteiger partial charge in [0.05, 0.1) is 10.4 Å². The van der Waals surface area contributed by atoms with E-state index in [1.54, 1.807) is 0 Å². The van der Waals surface area contributed by atoms with Crippen molar-refractivity contribution in [2.24, 2.45) is 0 Å². The van der Waals surface area contributed by atoms with E-state index in [0.717, 1.165) is 66.5 Å². The average molecular weight is 760 g/mol. The Balaban J connectivity index is 0.961. The van der Waals surface area contributed by atoms with Gasteiger partial charge >= 0.3 is 0 Å². The van der Waals surface area contributed by atoms with Gasteiger partial charge in [-0.3, -0.25) is 0 Å². The zero-order chi connectivity index (χ0) is 38.2. The lowest BCUT2D eigenvalue weighted by molar-refractivity contribution is 0.668. The van der Waals surface area contributed by atoms with Crippen molar-refractivity contribution < 1.29 is 8.83 Å². The van der Waals surface area contributed by atoms with Crippen LogP contribution in [0.4, 0.5) is 17.1 Å². The second-order valence-electron chi connectivity index (χ2n) is 14.9.